The molecule has 2 atom stereocenters. The zero-order chi connectivity index (χ0) is 13.1. The number of hydrogen-bond donors (Lipinski definition) is 3. The highest BCUT2D eigenvalue weighted by Crippen LogP contribution is 2.17. The zero-order valence-corrected chi connectivity index (χ0v) is 9.82. The highest BCUT2D eigenvalue weighted by molar-refractivity contribution is 5.72. The van der Waals surface area contributed by atoms with Crippen LogP contribution in [0.4, 0.5) is 0 Å². The number of aromatic nitrogens is 3. The first kappa shape index (κ1) is 12.5. The Morgan fingerprint density at radius 3 is 3.00 bits per heavy atom. The maximum Gasteiger partial charge on any atom is 0.233 e. The highest BCUT2D eigenvalue weighted by atomic mass is 16.3. The van der Waals surface area contributed by atoms with Gasteiger partial charge in [-0.25, -0.2) is 9.97 Å². The molecule has 0 fully saturated rings. The van der Waals surface area contributed by atoms with Crippen molar-refractivity contribution < 1.29 is 15.0 Å². The molecule has 0 aliphatic heterocycles. The second-order valence-electron chi connectivity index (χ2n) is 3.92. The van der Waals surface area contributed by atoms with E-state index < -0.39 is 12.2 Å². The number of nitrogens with zero attached hydrogens (tertiary/aromatic N) is 3. The summed E-state index contributed by atoms with van der Waals surface area (Å²) in [4.78, 5) is 18.8. The first-order chi connectivity index (χ1) is 8.59. The van der Waals surface area contributed by atoms with Crippen molar-refractivity contribution in [3.05, 3.63) is 30.4 Å². The van der Waals surface area contributed by atoms with Crippen LogP contribution in [0, 0.1) is 0 Å². The van der Waals surface area contributed by atoms with Gasteiger partial charge in [0.1, 0.15) is 12.2 Å². The minimum atomic E-state index is -1.14. The average Bonchev–Trinajstić information content (AvgIpc) is 2.78. The third-order valence-corrected chi connectivity index (χ3v) is 2.54. The molecule has 0 aliphatic carbocycles. The monoisotopic (exact) mass is 250 g/mol. The molecule has 7 heteroatoms. The largest absolute Gasteiger partial charge is 0.388 e. The Balaban J connectivity index is 2.17. The number of hydrogen-bond acceptors (Lipinski definition) is 5. The predicted molar refractivity (Wildman–Crippen MR) is 62.6 cm³/mol. The van der Waals surface area contributed by atoms with Gasteiger partial charge < -0.3 is 15.5 Å². The van der Waals surface area contributed by atoms with E-state index in [1.54, 1.807) is 22.9 Å². The normalized spacial score (nSPS) is 14.4. The summed E-state index contributed by atoms with van der Waals surface area (Å²) in [5, 5.41) is 22.2. The van der Waals surface area contributed by atoms with Crippen LogP contribution in [-0.4, -0.2) is 43.1 Å². The van der Waals surface area contributed by atoms with Crippen LogP contribution >= 0.6 is 0 Å². The van der Waals surface area contributed by atoms with E-state index in [4.69, 9.17) is 0 Å². The van der Waals surface area contributed by atoms with E-state index in [1.807, 2.05) is 0 Å². The van der Waals surface area contributed by atoms with Crippen LogP contribution in [0.15, 0.2) is 24.7 Å². The van der Waals surface area contributed by atoms with Crippen molar-refractivity contribution in [3.8, 4) is 0 Å². The molecule has 7 nitrogen and oxygen atoms in total. The number of nitrogens with one attached hydrogen (secondary N) is 1. The van der Waals surface area contributed by atoms with Crippen LogP contribution in [0.1, 0.15) is 18.7 Å². The first-order valence-electron chi connectivity index (χ1n) is 5.48. The fourth-order valence-corrected chi connectivity index (χ4v) is 1.62. The molecule has 1 amide bonds. The summed E-state index contributed by atoms with van der Waals surface area (Å²) in [5.41, 5.74) is 0.427. The van der Waals surface area contributed by atoms with Gasteiger partial charge in [-0.3, -0.25) is 9.20 Å². The number of carbonyl (C=O) groups is 1. The molecule has 2 unspecified atom stereocenters. The SMILES string of the molecule is CC(=O)NCC(O)C(O)c1cnc2ncccn12. The summed E-state index contributed by atoms with van der Waals surface area (Å²) in [5.74, 6) is 0.180. The molecule has 18 heavy (non-hydrogen) atoms. The van der Waals surface area contributed by atoms with Gasteiger partial charge in [0.05, 0.1) is 11.9 Å². The van der Waals surface area contributed by atoms with Gasteiger partial charge in [-0.1, -0.05) is 0 Å². The van der Waals surface area contributed by atoms with Crippen molar-refractivity contribution in [3.63, 3.8) is 0 Å². The van der Waals surface area contributed by atoms with Crippen molar-refractivity contribution in [2.45, 2.75) is 19.1 Å². The molecular formula is C11H14N4O3. The average molecular weight is 250 g/mol. The van der Waals surface area contributed by atoms with Crippen LogP contribution in [-0.2, 0) is 4.79 Å². The Labute approximate surface area is 103 Å². The highest BCUT2D eigenvalue weighted by Gasteiger charge is 2.22. The number of fused-ring (bicyclic) bond motifs is 1. The quantitative estimate of drug-likeness (QED) is 0.663. The van der Waals surface area contributed by atoms with Crippen molar-refractivity contribution in [1.29, 1.82) is 0 Å². The molecule has 2 rings (SSSR count). The van der Waals surface area contributed by atoms with Crippen LogP contribution in [0.5, 0.6) is 0 Å². The van der Waals surface area contributed by atoms with Crippen LogP contribution < -0.4 is 5.32 Å². The number of aliphatic hydroxyl groups excluding tert-OH is 2. The van der Waals surface area contributed by atoms with E-state index in [1.165, 1.54) is 13.1 Å². The lowest BCUT2D eigenvalue weighted by atomic mass is 10.1. The summed E-state index contributed by atoms with van der Waals surface area (Å²) >= 11 is 0. The molecule has 0 saturated heterocycles. The number of carbonyl (C=O) groups excluding carboxylic acids is 1. The van der Waals surface area contributed by atoms with E-state index in [0.29, 0.717) is 11.5 Å². The maximum atomic E-state index is 10.7. The molecule has 0 aromatic carbocycles. The second kappa shape index (κ2) is 5.11. The van der Waals surface area contributed by atoms with Crippen LogP contribution in [0.2, 0.25) is 0 Å². The first-order valence-corrected chi connectivity index (χ1v) is 5.48. The Hall–Kier alpha value is -1.99. The summed E-state index contributed by atoms with van der Waals surface area (Å²) in [7, 11) is 0. The Kier molecular flexibility index (Phi) is 3.54. The zero-order valence-electron chi connectivity index (χ0n) is 9.82. The van der Waals surface area contributed by atoms with E-state index in [2.05, 4.69) is 15.3 Å². The summed E-state index contributed by atoms with van der Waals surface area (Å²) < 4.78 is 1.58. The molecule has 2 aromatic heterocycles. The minimum Gasteiger partial charge on any atom is -0.388 e. The molecule has 0 aliphatic rings. The van der Waals surface area contributed by atoms with E-state index >= 15 is 0 Å². The van der Waals surface area contributed by atoms with Crippen molar-refractivity contribution in [2.75, 3.05) is 6.54 Å². The molecular weight excluding hydrogens is 236 g/mol. The van der Waals surface area contributed by atoms with E-state index in [0.717, 1.165) is 0 Å². The van der Waals surface area contributed by atoms with Crippen LogP contribution in [0.25, 0.3) is 5.78 Å². The molecule has 0 spiro atoms. The lowest BCUT2D eigenvalue weighted by molar-refractivity contribution is -0.119. The number of aliphatic hydroxyl groups is 2. The van der Waals surface area contributed by atoms with E-state index in [9.17, 15) is 15.0 Å². The smallest absolute Gasteiger partial charge is 0.233 e. The topological polar surface area (TPSA) is 99.8 Å². The minimum absolute atomic E-state index is 0.0238. The molecule has 2 heterocycles. The van der Waals surface area contributed by atoms with E-state index in [-0.39, 0.29) is 12.5 Å². The summed E-state index contributed by atoms with van der Waals surface area (Å²) in [6.45, 7) is 1.32. The van der Waals surface area contributed by atoms with Gasteiger partial charge in [0, 0.05) is 25.9 Å². The molecule has 0 radical (unpaired) electrons. The van der Waals surface area contributed by atoms with Crippen molar-refractivity contribution in [2.24, 2.45) is 0 Å². The Morgan fingerprint density at radius 2 is 2.28 bits per heavy atom. The molecule has 3 N–H and O–H groups in total. The fraction of sp³-hybridized carbons (Fsp3) is 0.364. The summed E-state index contributed by atoms with van der Waals surface area (Å²) in [6, 6.07) is 1.70. The standard InChI is InChI=1S/C11H14N4O3/c1-7(16)13-6-9(17)10(18)8-5-14-11-12-3-2-4-15(8)11/h2-5,9-10,17-18H,6H2,1H3,(H,13,16). The van der Waals surface area contributed by atoms with Crippen molar-refractivity contribution in [1.82, 2.24) is 19.7 Å². The molecule has 0 bridgehead atoms. The van der Waals surface area contributed by atoms with Gasteiger partial charge in [0.25, 0.3) is 0 Å². The van der Waals surface area contributed by atoms with Crippen LogP contribution in [0.3, 0.4) is 0 Å². The number of amides is 1. The van der Waals surface area contributed by atoms with Gasteiger partial charge >= 0.3 is 0 Å². The van der Waals surface area contributed by atoms with Gasteiger partial charge in [-0.2, -0.15) is 0 Å². The fourth-order valence-electron chi connectivity index (χ4n) is 1.62. The van der Waals surface area contributed by atoms with Gasteiger partial charge in [0.15, 0.2) is 0 Å². The predicted octanol–water partition coefficient (Wildman–Crippen LogP) is -0.740. The number of rotatable bonds is 4. The lowest BCUT2D eigenvalue weighted by Crippen LogP contribution is -2.34. The molecule has 96 valence electrons. The van der Waals surface area contributed by atoms with Gasteiger partial charge in [-0.05, 0) is 6.07 Å². The van der Waals surface area contributed by atoms with Gasteiger partial charge in [0.2, 0.25) is 11.7 Å². The molecule has 0 saturated carbocycles. The third-order valence-electron chi connectivity index (χ3n) is 2.54. The summed E-state index contributed by atoms with van der Waals surface area (Å²) in [6.07, 6.45) is 2.49. The molecule has 2 aromatic rings. The Bertz CT molecular complexity index is 554. The maximum absolute atomic E-state index is 10.7. The van der Waals surface area contributed by atoms with Crippen molar-refractivity contribution >= 4 is 11.7 Å². The lowest BCUT2D eigenvalue weighted by Gasteiger charge is -2.17. The Morgan fingerprint density at radius 1 is 1.50 bits per heavy atom. The van der Waals surface area contributed by atoms with Gasteiger partial charge in [-0.15, -0.1) is 0 Å². The second-order valence-corrected chi connectivity index (χ2v) is 3.92. The third kappa shape index (κ3) is 2.47. The number of imidazole rings is 1.